The van der Waals surface area contributed by atoms with Crippen molar-refractivity contribution in [1.29, 1.82) is 0 Å². The number of methoxy groups -OCH3 is 1. The molecule has 1 heterocycles. The van der Waals surface area contributed by atoms with Crippen LogP contribution in [0.25, 0.3) is 0 Å². The fourth-order valence-electron chi connectivity index (χ4n) is 1.90. The van der Waals surface area contributed by atoms with Gasteiger partial charge in [-0.05, 0) is 12.1 Å². The molecule has 0 radical (unpaired) electrons. The molecule has 18 heavy (non-hydrogen) atoms. The number of aliphatic hydroxyl groups excluding tert-OH is 1. The minimum Gasteiger partial charge on any atom is -0.456 e. The van der Waals surface area contributed by atoms with Gasteiger partial charge in [0, 0.05) is 13.5 Å². The van der Waals surface area contributed by atoms with Crippen LogP contribution in [0, 0.1) is 0 Å². The zero-order valence-electron chi connectivity index (χ0n) is 10.1. The number of carbonyl (C=O) groups is 1. The van der Waals surface area contributed by atoms with E-state index >= 15 is 0 Å². The number of esters is 1. The predicted molar refractivity (Wildman–Crippen MR) is 63.0 cm³/mol. The lowest BCUT2D eigenvalue weighted by Gasteiger charge is -2.16. The third kappa shape index (κ3) is 2.87. The molecule has 0 aromatic heterocycles. The summed E-state index contributed by atoms with van der Waals surface area (Å²) in [4.78, 5) is 11.9. The van der Waals surface area contributed by atoms with E-state index in [1.165, 1.54) is 7.11 Å². The van der Waals surface area contributed by atoms with Crippen LogP contribution in [0.2, 0.25) is 0 Å². The zero-order valence-corrected chi connectivity index (χ0v) is 10.1. The Morgan fingerprint density at radius 2 is 2.17 bits per heavy atom. The summed E-state index contributed by atoms with van der Waals surface area (Å²) in [5.41, 5.74) is 0.482. The first-order valence-electron chi connectivity index (χ1n) is 5.79. The summed E-state index contributed by atoms with van der Waals surface area (Å²) in [6.07, 6.45) is -1.01. The standard InChI is InChI=1S/C13H16O5/c1-16-12-7-10(11(8-14)17-12)18-13(15)9-5-3-2-4-6-9/h2-6,10-12,14H,7-8H2,1H3/t10-,11+,12+/m0/s1. The highest BCUT2D eigenvalue weighted by atomic mass is 16.7. The second-order valence-electron chi connectivity index (χ2n) is 4.07. The van der Waals surface area contributed by atoms with Crippen molar-refractivity contribution in [2.24, 2.45) is 0 Å². The van der Waals surface area contributed by atoms with Crippen molar-refractivity contribution in [2.45, 2.75) is 24.9 Å². The maximum Gasteiger partial charge on any atom is 0.338 e. The monoisotopic (exact) mass is 252 g/mol. The maximum absolute atomic E-state index is 11.9. The van der Waals surface area contributed by atoms with Crippen molar-refractivity contribution in [3.8, 4) is 0 Å². The van der Waals surface area contributed by atoms with Crippen LogP contribution in [-0.4, -0.2) is 43.3 Å². The lowest BCUT2D eigenvalue weighted by atomic mass is 10.2. The number of hydrogen-bond acceptors (Lipinski definition) is 5. The normalized spacial score (nSPS) is 27.1. The van der Waals surface area contributed by atoms with E-state index in [0.717, 1.165) is 0 Å². The first-order valence-corrected chi connectivity index (χ1v) is 5.79. The summed E-state index contributed by atoms with van der Waals surface area (Å²) >= 11 is 0. The Balaban J connectivity index is 1.98. The Hall–Kier alpha value is -1.43. The van der Waals surface area contributed by atoms with E-state index in [-0.39, 0.29) is 6.61 Å². The van der Waals surface area contributed by atoms with Gasteiger partial charge in [-0.25, -0.2) is 4.79 Å². The summed E-state index contributed by atoms with van der Waals surface area (Å²) in [5.74, 6) is -0.417. The van der Waals surface area contributed by atoms with E-state index in [9.17, 15) is 4.79 Å². The summed E-state index contributed by atoms with van der Waals surface area (Å²) in [7, 11) is 1.51. The Labute approximate surface area is 105 Å². The number of aliphatic hydroxyl groups is 1. The Morgan fingerprint density at radius 1 is 1.44 bits per heavy atom. The van der Waals surface area contributed by atoms with Gasteiger partial charge in [0.25, 0.3) is 0 Å². The first kappa shape index (κ1) is 13.0. The van der Waals surface area contributed by atoms with Gasteiger partial charge < -0.3 is 19.3 Å². The predicted octanol–water partition coefficient (Wildman–Crippen LogP) is 0.966. The van der Waals surface area contributed by atoms with Crippen LogP contribution in [0.15, 0.2) is 30.3 Å². The molecule has 1 aromatic rings. The lowest BCUT2D eigenvalue weighted by Crippen LogP contribution is -2.30. The molecule has 98 valence electrons. The van der Waals surface area contributed by atoms with Crippen LogP contribution < -0.4 is 0 Å². The molecule has 0 aliphatic carbocycles. The van der Waals surface area contributed by atoms with Gasteiger partial charge in [0.15, 0.2) is 6.29 Å². The van der Waals surface area contributed by atoms with Gasteiger partial charge in [0.05, 0.1) is 12.2 Å². The van der Waals surface area contributed by atoms with Gasteiger partial charge in [-0.2, -0.15) is 0 Å². The molecule has 1 aliphatic heterocycles. The fraction of sp³-hybridized carbons (Fsp3) is 0.462. The molecule has 2 rings (SSSR count). The molecule has 0 amide bonds. The number of carbonyl (C=O) groups excluding carboxylic acids is 1. The topological polar surface area (TPSA) is 65.0 Å². The maximum atomic E-state index is 11.9. The van der Waals surface area contributed by atoms with Crippen LogP contribution in [0.3, 0.4) is 0 Å². The van der Waals surface area contributed by atoms with Crippen molar-refractivity contribution in [3.05, 3.63) is 35.9 Å². The van der Waals surface area contributed by atoms with Crippen molar-refractivity contribution in [3.63, 3.8) is 0 Å². The highest BCUT2D eigenvalue weighted by molar-refractivity contribution is 5.89. The van der Waals surface area contributed by atoms with Gasteiger partial charge in [0.1, 0.15) is 12.2 Å². The summed E-state index contributed by atoms with van der Waals surface area (Å²) < 4.78 is 15.7. The minimum atomic E-state index is -0.525. The third-order valence-corrected chi connectivity index (χ3v) is 2.88. The molecule has 0 bridgehead atoms. The molecule has 1 saturated heterocycles. The molecule has 5 nitrogen and oxygen atoms in total. The van der Waals surface area contributed by atoms with Crippen molar-refractivity contribution < 1.29 is 24.1 Å². The van der Waals surface area contributed by atoms with Crippen LogP contribution in [0.4, 0.5) is 0 Å². The van der Waals surface area contributed by atoms with Crippen molar-refractivity contribution >= 4 is 5.97 Å². The first-order chi connectivity index (χ1) is 8.74. The number of hydrogen-bond donors (Lipinski definition) is 1. The van der Waals surface area contributed by atoms with Crippen LogP contribution in [0.1, 0.15) is 16.8 Å². The highest BCUT2D eigenvalue weighted by Gasteiger charge is 2.37. The molecule has 1 N–H and O–H groups in total. The smallest absolute Gasteiger partial charge is 0.338 e. The molecule has 0 spiro atoms. The molecule has 1 aliphatic rings. The Bertz CT molecular complexity index is 392. The van der Waals surface area contributed by atoms with Gasteiger partial charge in [-0.1, -0.05) is 18.2 Å². The van der Waals surface area contributed by atoms with E-state index in [1.54, 1.807) is 24.3 Å². The molecule has 0 saturated carbocycles. The molecule has 5 heteroatoms. The van der Waals surface area contributed by atoms with Gasteiger partial charge >= 0.3 is 5.97 Å². The quantitative estimate of drug-likeness (QED) is 0.809. The Morgan fingerprint density at radius 3 is 2.78 bits per heavy atom. The molecular formula is C13H16O5. The molecule has 1 fully saturated rings. The lowest BCUT2D eigenvalue weighted by molar-refractivity contribution is -0.127. The minimum absolute atomic E-state index is 0.202. The second-order valence-corrected chi connectivity index (χ2v) is 4.07. The third-order valence-electron chi connectivity index (χ3n) is 2.88. The average Bonchev–Trinajstić information content (AvgIpc) is 2.82. The summed E-state index contributed by atoms with van der Waals surface area (Å²) in [5, 5.41) is 9.16. The molecule has 1 aromatic carbocycles. The van der Waals surface area contributed by atoms with E-state index < -0.39 is 24.5 Å². The summed E-state index contributed by atoms with van der Waals surface area (Å²) in [6, 6.07) is 8.72. The fourth-order valence-corrected chi connectivity index (χ4v) is 1.90. The molecule has 0 unspecified atom stereocenters. The van der Waals surface area contributed by atoms with Gasteiger partial charge in [0.2, 0.25) is 0 Å². The number of ether oxygens (including phenoxy) is 3. The zero-order chi connectivity index (χ0) is 13.0. The molecular weight excluding hydrogens is 236 g/mol. The second kappa shape index (κ2) is 5.95. The van der Waals surface area contributed by atoms with Crippen LogP contribution in [0.5, 0.6) is 0 Å². The van der Waals surface area contributed by atoms with Gasteiger partial charge in [-0.3, -0.25) is 0 Å². The largest absolute Gasteiger partial charge is 0.456 e. The van der Waals surface area contributed by atoms with E-state index in [0.29, 0.717) is 12.0 Å². The number of rotatable bonds is 4. The number of benzene rings is 1. The van der Waals surface area contributed by atoms with E-state index in [1.807, 2.05) is 6.07 Å². The van der Waals surface area contributed by atoms with Gasteiger partial charge in [-0.15, -0.1) is 0 Å². The Kier molecular flexibility index (Phi) is 4.30. The van der Waals surface area contributed by atoms with Crippen LogP contribution in [-0.2, 0) is 14.2 Å². The van der Waals surface area contributed by atoms with Crippen molar-refractivity contribution in [1.82, 2.24) is 0 Å². The highest BCUT2D eigenvalue weighted by Crippen LogP contribution is 2.24. The molecule has 3 atom stereocenters. The van der Waals surface area contributed by atoms with E-state index in [2.05, 4.69) is 0 Å². The SMILES string of the molecule is CO[C@H]1C[C@H](OC(=O)c2ccccc2)[C@@H](CO)O1. The van der Waals surface area contributed by atoms with E-state index in [4.69, 9.17) is 19.3 Å². The summed E-state index contributed by atoms with van der Waals surface area (Å²) in [6.45, 7) is -0.202. The average molecular weight is 252 g/mol. The van der Waals surface area contributed by atoms with Crippen LogP contribution >= 0.6 is 0 Å². The van der Waals surface area contributed by atoms with Crippen molar-refractivity contribution in [2.75, 3.05) is 13.7 Å².